The Morgan fingerprint density at radius 3 is 2.34 bits per heavy atom. The van der Waals surface area contributed by atoms with E-state index in [1.54, 1.807) is 24.3 Å². The van der Waals surface area contributed by atoms with Crippen molar-refractivity contribution in [3.05, 3.63) is 71.9 Å². The van der Waals surface area contributed by atoms with Crippen molar-refractivity contribution in [3.63, 3.8) is 0 Å². The fourth-order valence-electron chi connectivity index (χ4n) is 3.24. The number of rotatable bonds is 7. The molecule has 0 saturated carbocycles. The third-order valence-electron chi connectivity index (χ3n) is 4.72. The molecular weight excluding hydrogens is 368 g/mol. The summed E-state index contributed by atoms with van der Waals surface area (Å²) in [5.74, 6) is -2.63. The van der Waals surface area contributed by atoms with Gasteiger partial charge < -0.3 is 19.9 Å². The molecule has 6 heteroatoms. The van der Waals surface area contributed by atoms with Crippen LogP contribution in [-0.2, 0) is 9.59 Å². The van der Waals surface area contributed by atoms with Gasteiger partial charge in [0.05, 0.1) is 6.42 Å². The smallest absolute Gasteiger partial charge is 0.373 e. The number of aliphatic carboxylic acids is 2. The van der Waals surface area contributed by atoms with E-state index in [1.807, 2.05) is 67.5 Å². The summed E-state index contributed by atoms with van der Waals surface area (Å²) in [6.07, 6.45) is 3.05. The third-order valence-corrected chi connectivity index (χ3v) is 4.72. The first kappa shape index (κ1) is 20.1. The first-order valence-electron chi connectivity index (χ1n) is 9.18. The predicted octanol–water partition coefficient (Wildman–Crippen LogP) is 2.13. The molecule has 0 saturated heterocycles. The second kappa shape index (κ2) is 8.56. The average Bonchev–Trinajstić information content (AvgIpc) is 2.70. The van der Waals surface area contributed by atoms with Crippen LogP contribution in [0.25, 0.3) is 23.1 Å². The first-order chi connectivity index (χ1) is 13.9. The zero-order valence-electron chi connectivity index (χ0n) is 16.3. The first-order valence-corrected chi connectivity index (χ1v) is 9.18. The minimum Gasteiger partial charge on any atom is -0.550 e. The van der Waals surface area contributed by atoms with Crippen LogP contribution >= 0.6 is 0 Å². The fourth-order valence-corrected chi connectivity index (χ4v) is 3.24. The number of pyridine rings is 1. The van der Waals surface area contributed by atoms with E-state index in [0.717, 1.165) is 16.6 Å². The topological polar surface area (TPSA) is 84.5 Å². The number of carboxylic acid groups (broad SMARTS) is 2. The number of carbonyl (C=O) groups excluding carboxylic acids is 1. The lowest BCUT2D eigenvalue weighted by Crippen LogP contribution is -2.49. The normalized spacial score (nSPS) is 12.2. The van der Waals surface area contributed by atoms with E-state index in [4.69, 9.17) is 0 Å². The van der Waals surface area contributed by atoms with Gasteiger partial charge in [-0.05, 0) is 35.9 Å². The fraction of sp³-hybridized carbons (Fsp3) is 0.174. The maximum absolute atomic E-state index is 11.9. The number of carboxylic acids is 2. The molecular formula is C23H22N2O4. The van der Waals surface area contributed by atoms with Crippen LogP contribution in [0.3, 0.4) is 0 Å². The Kier molecular flexibility index (Phi) is 5.93. The maximum atomic E-state index is 11.9. The Balaban J connectivity index is 2.09. The van der Waals surface area contributed by atoms with Gasteiger partial charge in [0.15, 0.2) is 0 Å². The van der Waals surface area contributed by atoms with E-state index >= 15 is 0 Å². The van der Waals surface area contributed by atoms with Crippen molar-refractivity contribution >= 4 is 40.7 Å². The largest absolute Gasteiger partial charge is 0.550 e. The summed E-state index contributed by atoms with van der Waals surface area (Å²) >= 11 is 0. The minimum atomic E-state index is -1.41. The monoisotopic (exact) mass is 390 g/mol. The second-order valence-electron chi connectivity index (χ2n) is 6.94. The molecule has 0 spiro atoms. The lowest BCUT2D eigenvalue weighted by molar-refractivity contribution is -0.687. The van der Waals surface area contributed by atoms with E-state index in [0.29, 0.717) is 11.2 Å². The highest BCUT2D eigenvalue weighted by atomic mass is 16.4. The van der Waals surface area contributed by atoms with E-state index in [1.165, 1.54) is 4.57 Å². The van der Waals surface area contributed by atoms with E-state index in [2.05, 4.69) is 0 Å². The van der Waals surface area contributed by atoms with Crippen LogP contribution in [0.15, 0.2) is 60.7 Å². The molecule has 0 aliphatic carbocycles. The van der Waals surface area contributed by atoms with Gasteiger partial charge in [-0.1, -0.05) is 24.3 Å². The zero-order chi connectivity index (χ0) is 21.0. The zero-order valence-corrected chi connectivity index (χ0v) is 16.3. The molecule has 0 fully saturated rings. The number of carbonyl (C=O) groups is 2. The van der Waals surface area contributed by atoms with Gasteiger partial charge in [-0.15, -0.1) is 0 Å². The standard InChI is InChI=1S/C23H22N2O4/c1-24(2)18-11-7-16(8-12-18)9-13-19-14-10-17-5-3-4-6-20(17)25(19)21(23(28)29)15-22(26)27/h3-14,21H,15H2,1-2H3,(H-,26,27,28,29). The summed E-state index contributed by atoms with van der Waals surface area (Å²) in [5, 5.41) is 21.7. The molecule has 0 radical (unpaired) electrons. The molecule has 2 aromatic carbocycles. The summed E-state index contributed by atoms with van der Waals surface area (Å²) in [6, 6.07) is 17.6. The van der Waals surface area contributed by atoms with Crippen LogP contribution in [0.4, 0.5) is 5.69 Å². The molecule has 6 nitrogen and oxygen atoms in total. The number of hydrogen-bond donors (Lipinski definition) is 1. The summed E-state index contributed by atoms with van der Waals surface area (Å²) in [7, 11) is 3.93. The van der Waals surface area contributed by atoms with Crippen molar-refractivity contribution in [2.24, 2.45) is 0 Å². The predicted molar refractivity (Wildman–Crippen MR) is 110 cm³/mol. The Hall–Kier alpha value is -3.67. The second-order valence-corrected chi connectivity index (χ2v) is 6.94. The Morgan fingerprint density at radius 2 is 1.72 bits per heavy atom. The van der Waals surface area contributed by atoms with Crippen LogP contribution < -0.4 is 14.6 Å². The third kappa shape index (κ3) is 4.60. The van der Waals surface area contributed by atoms with Crippen LogP contribution in [0.1, 0.15) is 23.7 Å². The molecule has 1 heterocycles. The Labute approximate surface area is 169 Å². The van der Waals surface area contributed by atoms with Crippen molar-refractivity contribution in [3.8, 4) is 0 Å². The molecule has 1 unspecified atom stereocenters. The van der Waals surface area contributed by atoms with Crippen LogP contribution in [0, 0.1) is 0 Å². The average molecular weight is 390 g/mol. The van der Waals surface area contributed by atoms with Crippen molar-refractivity contribution in [1.29, 1.82) is 0 Å². The minimum absolute atomic E-state index is 0.592. The summed E-state index contributed by atoms with van der Waals surface area (Å²) in [6.45, 7) is 0. The number of nitrogens with zero attached hydrogens (tertiary/aromatic N) is 2. The highest BCUT2D eigenvalue weighted by Gasteiger charge is 2.31. The number of aromatic nitrogens is 1. The molecule has 0 bridgehead atoms. The van der Waals surface area contributed by atoms with Crippen LogP contribution in [-0.4, -0.2) is 31.1 Å². The van der Waals surface area contributed by atoms with Crippen molar-refractivity contribution in [1.82, 2.24) is 0 Å². The van der Waals surface area contributed by atoms with Crippen LogP contribution in [0.5, 0.6) is 0 Å². The van der Waals surface area contributed by atoms with Gasteiger partial charge in [-0.3, -0.25) is 0 Å². The lowest BCUT2D eigenvalue weighted by Gasteiger charge is -2.13. The number of hydrogen-bond acceptors (Lipinski definition) is 4. The van der Waals surface area contributed by atoms with Crippen molar-refractivity contribution in [2.45, 2.75) is 12.5 Å². The SMILES string of the molecule is CN(C)c1ccc(/C=C/c2ccc3ccccc3[n+]2C(CC(=O)[O-])C(=O)O)cc1. The summed E-state index contributed by atoms with van der Waals surface area (Å²) in [4.78, 5) is 25.1. The quantitative estimate of drug-likeness (QED) is 0.625. The molecule has 29 heavy (non-hydrogen) atoms. The molecule has 1 N–H and O–H groups in total. The van der Waals surface area contributed by atoms with Crippen LogP contribution in [0.2, 0.25) is 0 Å². The molecule has 3 aromatic rings. The number of benzene rings is 2. The van der Waals surface area contributed by atoms with Gasteiger partial charge in [-0.25, -0.2) is 4.79 Å². The van der Waals surface area contributed by atoms with Gasteiger partial charge in [0.2, 0.25) is 11.2 Å². The molecule has 1 atom stereocenters. The molecule has 0 aliphatic heterocycles. The van der Waals surface area contributed by atoms with Gasteiger partial charge in [0.1, 0.15) is 0 Å². The Morgan fingerprint density at radius 1 is 1.03 bits per heavy atom. The van der Waals surface area contributed by atoms with E-state index in [9.17, 15) is 19.8 Å². The Bertz CT molecular complexity index is 1070. The van der Waals surface area contributed by atoms with E-state index < -0.39 is 24.4 Å². The molecule has 148 valence electrons. The highest BCUT2D eigenvalue weighted by Crippen LogP contribution is 2.18. The van der Waals surface area contributed by atoms with Crippen molar-refractivity contribution in [2.75, 3.05) is 19.0 Å². The number of para-hydroxylation sites is 1. The van der Waals surface area contributed by atoms with Gasteiger partial charge in [0, 0.05) is 49.3 Å². The molecule has 0 aliphatic rings. The van der Waals surface area contributed by atoms with Gasteiger partial charge in [-0.2, -0.15) is 4.57 Å². The lowest BCUT2D eigenvalue weighted by atomic mass is 10.1. The summed E-state index contributed by atoms with van der Waals surface area (Å²) in [5.41, 5.74) is 3.25. The summed E-state index contributed by atoms with van der Waals surface area (Å²) < 4.78 is 1.54. The van der Waals surface area contributed by atoms with Gasteiger partial charge in [0.25, 0.3) is 6.04 Å². The molecule has 0 amide bonds. The highest BCUT2D eigenvalue weighted by molar-refractivity contribution is 5.81. The maximum Gasteiger partial charge on any atom is 0.373 e. The molecule has 1 aromatic heterocycles. The molecule has 3 rings (SSSR count). The number of anilines is 1. The van der Waals surface area contributed by atoms with Gasteiger partial charge >= 0.3 is 5.97 Å². The van der Waals surface area contributed by atoms with Crippen molar-refractivity contribution < 1.29 is 24.4 Å². The van der Waals surface area contributed by atoms with E-state index in [-0.39, 0.29) is 0 Å². The number of fused-ring (bicyclic) bond motifs is 1.